The van der Waals surface area contributed by atoms with E-state index in [1.807, 2.05) is 6.07 Å². The standard InChI is InChI=1S/C21H19F3N2O3/c1-2-29-20(28)19-18(25-11-10-17(27)13-6-4-3-5-7-13)15-9-8-14(21(22,23)24)12-16(15)26-19/h3-9,12,25-26H,2,10-11H2,1H3. The number of halogens is 3. The molecule has 0 aliphatic heterocycles. The monoisotopic (exact) mass is 404 g/mol. The summed E-state index contributed by atoms with van der Waals surface area (Å²) in [5.74, 6) is -0.774. The van der Waals surface area contributed by atoms with Crippen molar-refractivity contribution < 1.29 is 27.5 Å². The molecular formula is C21H19F3N2O3. The summed E-state index contributed by atoms with van der Waals surface area (Å²) in [6.45, 7) is 1.95. The number of carbonyl (C=O) groups is 2. The highest BCUT2D eigenvalue weighted by atomic mass is 19.4. The number of Topliss-reactive ketones (excluding diaryl/α,β-unsaturated/α-hetero) is 1. The molecule has 0 fully saturated rings. The average molecular weight is 404 g/mol. The van der Waals surface area contributed by atoms with Crippen LogP contribution in [0.2, 0.25) is 0 Å². The highest BCUT2D eigenvalue weighted by Gasteiger charge is 2.31. The van der Waals surface area contributed by atoms with Gasteiger partial charge in [0.2, 0.25) is 0 Å². The van der Waals surface area contributed by atoms with Crippen molar-refractivity contribution in [3.63, 3.8) is 0 Å². The number of aromatic amines is 1. The number of hydrogen-bond acceptors (Lipinski definition) is 4. The molecule has 2 aromatic carbocycles. The molecule has 3 aromatic rings. The van der Waals surface area contributed by atoms with Crippen molar-refractivity contribution in [2.75, 3.05) is 18.5 Å². The molecule has 0 saturated carbocycles. The number of aromatic nitrogens is 1. The largest absolute Gasteiger partial charge is 0.461 e. The number of fused-ring (bicyclic) bond motifs is 1. The highest BCUT2D eigenvalue weighted by Crippen LogP contribution is 2.35. The molecule has 1 heterocycles. The molecule has 0 radical (unpaired) electrons. The fraction of sp³-hybridized carbons (Fsp3) is 0.238. The zero-order valence-electron chi connectivity index (χ0n) is 15.6. The van der Waals surface area contributed by atoms with E-state index in [0.717, 1.165) is 12.1 Å². The Hall–Kier alpha value is -3.29. The van der Waals surface area contributed by atoms with E-state index in [0.29, 0.717) is 16.6 Å². The molecule has 3 rings (SSSR count). The Morgan fingerprint density at radius 3 is 2.48 bits per heavy atom. The molecular weight excluding hydrogens is 385 g/mol. The van der Waals surface area contributed by atoms with Gasteiger partial charge < -0.3 is 15.0 Å². The Labute approximate surface area is 164 Å². The topological polar surface area (TPSA) is 71.2 Å². The quantitative estimate of drug-likeness (QED) is 0.427. The highest BCUT2D eigenvalue weighted by molar-refractivity contribution is 6.06. The molecule has 152 valence electrons. The van der Waals surface area contributed by atoms with Crippen LogP contribution < -0.4 is 5.32 Å². The van der Waals surface area contributed by atoms with Crippen molar-refractivity contribution in [2.24, 2.45) is 0 Å². The van der Waals surface area contributed by atoms with Crippen LogP contribution in [0.25, 0.3) is 10.9 Å². The van der Waals surface area contributed by atoms with Gasteiger partial charge in [-0.05, 0) is 19.1 Å². The Kier molecular flexibility index (Phi) is 5.91. The molecule has 0 saturated heterocycles. The average Bonchev–Trinajstić information content (AvgIpc) is 3.06. The SMILES string of the molecule is CCOC(=O)c1[nH]c2cc(C(F)(F)F)ccc2c1NCCC(=O)c1ccccc1. The van der Waals surface area contributed by atoms with E-state index < -0.39 is 17.7 Å². The van der Waals surface area contributed by atoms with Gasteiger partial charge in [-0.15, -0.1) is 0 Å². The molecule has 8 heteroatoms. The summed E-state index contributed by atoms with van der Waals surface area (Å²) in [6.07, 6.45) is -4.35. The second-order valence-electron chi connectivity index (χ2n) is 6.32. The minimum atomic E-state index is -4.50. The number of ketones is 1. The lowest BCUT2D eigenvalue weighted by Crippen LogP contribution is -2.12. The van der Waals surface area contributed by atoms with Gasteiger partial charge in [0.15, 0.2) is 5.78 Å². The summed E-state index contributed by atoms with van der Waals surface area (Å²) in [4.78, 5) is 27.2. The predicted octanol–water partition coefficient (Wildman–Crippen LogP) is 5.05. The first-order valence-corrected chi connectivity index (χ1v) is 9.03. The molecule has 0 unspecified atom stereocenters. The zero-order chi connectivity index (χ0) is 21.0. The van der Waals surface area contributed by atoms with Gasteiger partial charge in [-0.2, -0.15) is 13.2 Å². The molecule has 0 aliphatic carbocycles. The summed E-state index contributed by atoms with van der Waals surface area (Å²) in [6, 6.07) is 11.9. The molecule has 1 aromatic heterocycles. The Morgan fingerprint density at radius 2 is 1.83 bits per heavy atom. The number of carbonyl (C=O) groups excluding carboxylic acids is 2. The molecule has 0 bridgehead atoms. The normalized spacial score (nSPS) is 11.4. The van der Waals surface area contributed by atoms with Gasteiger partial charge >= 0.3 is 12.1 Å². The van der Waals surface area contributed by atoms with Crippen LogP contribution in [0.1, 0.15) is 39.8 Å². The maximum atomic E-state index is 13.0. The first-order valence-electron chi connectivity index (χ1n) is 9.03. The Morgan fingerprint density at radius 1 is 1.10 bits per heavy atom. The minimum absolute atomic E-state index is 0.0216. The number of H-pyrrole nitrogens is 1. The van der Waals surface area contributed by atoms with Gasteiger partial charge in [-0.1, -0.05) is 36.4 Å². The van der Waals surface area contributed by atoms with E-state index in [1.165, 1.54) is 6.07 Å². The number of anilines is 1. The van der Waals surface area contributed by atoms with Crippen molar-refractivity contribution in [1.29, 1.82) is 0 Å². The number of hydrogen-bond donors (Lipinski definition) is 2. The number of ether oxygens (including phenoxy) is 1. The van der Waals surface area contributed by atoms with E-state index >= 15 is 0 Å². The van der Waals surface area contributed by atoms with E-state index in [2.05, 4.69) is 10.3 Å². The van der Waals surface area contributed by atoms with Gasteiger partial charge in [-0.3, -0.25) is 4.79 Å². The van der Waals surface area contributed by atoms with Crippen molar-refractivity contribution >= 4 is 28.3 Å². The molecule has 0 spiro atoms. The van der Waals surface area contributed by atoms with Crippen LogP contribution in [-0.4, -0.2) is 29.9 Å². The van der Waals surface area contributed by atoms with Crippen LogP contribution >= 0.6 is 0 Å². The third-order valence-corrected chi connectivity index (χ3v) is 4.36. The number of rotatable bonds is 7. The van der Waals surface area contributed by atoms with Crippen LogP contribution in [0, 0.1) is 0 Å². The lowest BCUT2D eigenvalue weighted by molar-refractivity contribution is -0.137. The number of benzene rings is 2. The Balaban J connectivity index is 1.86. The second kappa shape index (κ2) is 8.38. The summed E-state index contributed by atoms with van der Waals surface area (Å²) < 4.78 is 44.0. The second-order valence-corrected chi connectivity index (χ2v) is 6.32. The number of alkyl halides is 3. The van der Waals surface area contributed by atoms with Crippen molar-refractivity contribution in [3.8, 4) is 0 Å². The maximum Gasteiger partial charge on any atom is 0.416 e. The number of esters is 1. The summed E-state index contributed by atoms with van der Waals surface area (Å²) in [5, 5.41) is 3.41. The third kappa shape index (κ3) is 4.59. The van der Waals surface area contributed by atoms with E-state index in [4.69, 9.17) is 4.74 Å². The lowest BCUT2D eigenvalue weighted by Gasteiger charge is -2.09. The van der Waals surface area contributed by atoms with Gasteiger partial charge in [0, 0.05) is 29.4 Å². The molecule has 2 N–H and O–H groups in total. The maximum absolute atomic E-state index is 13.0. The van der Waals surface area contributed by atoms with Crippen LogP contribution in [0.5, 0.6) is 0 Å². The summed E-state index contributed by atoms with van der Waals surface area (Å²) in [5.41, 5.74) is 0.224. The van der Waals surface area contributed by atoms with Gasteiger partial charge in [0.05, 0.1) is 17.9 Å². The molecule has 0 atom stereocenters. The number of nitrogens with one attached hydrogen (secondary N) is 2. The van der Waals surface area contributed by atoms with Crippen LogP contribution in [0.3, 0.4) is 0 Å². The first kappa shape index (κ1) is 20.4. The fourth-order valence-corrected chi connectivity index (χ4v) is 2.98. The summed E-state index contributed by atoms with van der Waals surface area (Å²) in [7, 11) is 0. The Bertz CT molecular complexity index is 1030. The van der Waals surface area contributed by atoms with Crippen LogP contribution in [0.15, 0.2) is 48.5 Å². The van der Waals surface area contributed by atoms with Gasteiger partial charge in [0.1, 0.15) is 5.69 Å². The lowest BCUT2D eigenvalue weighted by atomic mass is 10.1. The van der Waals surface area contributed by atoms with Gasteiger partial charge in [0.25, 0.3) is 0 Å². The smallest absolute Gasteiger partial charge is 0.416 e. The van der Waals surface area contributed by atoms with E-state index in [1.54, 1.807) is 31.2 Å². The van der Waals surface area contributed by atoms with Crippen LogP contribution in [-0.2, 0) is 10.9 Å². The van der Waals surface area contributed by atoms with Crippen molar-refractivity contribution in [2.45, 2.75) is 19.5 Å². The fourth-order valence-electron chi connectivity index (χ4n) is 2.98. The van der Waals surface area contributed by atoms with Crippen molar-refractivity contribution in [1.82, 2.24) is 4.98 Å². The first-order chi connectivity index (χ1) is 13.8. The predicted molar refractivity (Wildman–Crippen MR) is 103 cm³/mol. The van der Waals surface area contributed by atoms with E-state index in [9.17, 15) is 22.8 Å². The minimum Gasteiger partial charge on any atom is -0.461 e. The summed E-state index contributed by atoms with van der Waals surface area (Å²) >= 11 is 0. The molecule has 29 heavy (non-hydrogen) atoms. The van der Waals surface area contributed by atoms with Crippen LogP contribution in [0.4, 0.5) is 18.9 Å². The zero-order valence-corrected chi connectivity index (χ0v) is 15.6. The third-order valence-electron chi connectivity index (χ3n) is 4.36. The van der Waals surface area contributed by atoms with Crippen molar-refractivity contribution in [3.05, 3.63) is 65.4 Å². The molecule has 5 nitrogen and oxygen atoms in total. The molecule has 0 amide bonds. The van der Waals surface area contributed by atoms with Gasteiger partial charge in [-0.25, -0.2) is 4.79 Å². The van der Waals surface area contributed by atoms with E-state index in [-0.39, 0.29) is 36.6 Å². The molecule has 0 aliphatic rings.